The molecule has 0 unspecified atom stereocenters. The lowest BCUT2D eigenvalue weighted by Crippen LogP contribution is -2.07. The highest BCUT2D eigenvalue weighted by Crippen LogP contribution is 2.24. The molecule has 6 heteroatoms. The summed E-state index contributed by atoms with van der Waals surface area (Å²) in [4.78, 5) is 15.8. The molecule has 0 atom stereocenters. The average Bonchev–Trinajstić information content (AvgIpc) is 2.83. The molecule has 0 saturated heterocycles. The van der Waals surface area contributed by atoms with Gasteiger partial charge in [-0.05, 0) is 25.1 Å². The maximum Gasteiger partial charge on any atom is 0.357 e. The fourth-order valence-corrected chi connectivity index (χ4v) is 2.06. The Morgan fingerprint density at radius 3 is 2.95 bits per heavy atom. The summed E-state index contributed by atoms with van der Waals surface area (Å²) >= 11 is 0. The van der Waals surface area contributed by atoms with Gasteiger partial charge >= 0.3 is 5.97 Å². The zero-order valence-electron chi connectivity index (χ0n) is 11.2. The normalized spacial score (nSPS) is 10.9. The molecule has 0 N–H and O–H groups in total. The Labute approximate surface area is 114 Å². The van der Waals surface area contributed by atoms with Gasteiger partial charge in [-0.2, -0.15) is 5.10 Å². The van der Waals surface area contributed by atoms with E-state index in [4.69, 9.17) is 9.47 Å². The molecule has 20 heavy (non-hydrogen) atoms. The molecule has 3 rings (SSSR count). The summed E-state index contributed by atoms with van der Waals surface area (Å²) in [5, 5.41) is 5.32. The van der Waals surface area contributed by atoms with Crippen molar-refractivity contribution in [2.45, 2.75) is 6.92 Å². The van der Waals surface area contributed by atoms with Crippen LogP contribution in [-0.4, -0.2) is 34.3 Å². The number of hydrogen-bond acceptors (Lipinski definition) is 5. The van der Waals surface area contributed by atoms with Gasteiger partial charge in [0.2, 0.25) is 0 Å². The third-order valence-corrected chi connectivity index (χ3v) is 3.01. The molecule has 0 bridgehead atoms. The molecule has 102 valence electrons. The minimum absolute atomic E-state index is 0.275. The zero-order chi connectivity index (χ0) is 14.1. The van der Waals surface area contributed by atoms with E-state index in [1.165, 1.54) is 6.33 Å². The second-order valence-corrected chi connectivity index (χ2v) is 4.21. The van der Waals surface area contributed by atoms with Gasteiger partial charge in [0.15, 0.2) is 5.69 Å². The Kier molecular flexibility index (Phi) is 2.98. The van der Waals surface area contributed by atoms with Crippen LogP contribution >= 0.6 is 0 Å². The summed E-state index contributed by atoms with van der Waals surface area (Å²) in [7, 11) is 1.61. The van der Waals surface area contributed by atoms with Crippen LogP contribution in [0.1, 0.15) is 17.4 Å². The number of rotatable bonds is 3. The Bertz CT molecular complexity index is 795. The van der Waals surface area contributed by atoms with Crippen molar-refractivity contribution in [3.8, 4) is 5.75 Å². The summed E-state index contributed by atoms with van der Waals surface area (Å²) in [5.41, 5.74) is 1.87. The smallest absolute Gasteiger partial charge is 0.357 e. The Morgan fingerprint density at radius 1 is 1.35 bits per heavy atom. The van der Waals surface area contributed by atoms with E-state index in [1.54, 1.807) is 24.6 Å². The third-order valence-electron chi connectivity index (χ3n) is 3.01. The molecular formula is C14H13N3O3. The minimum Gasteiger partial charge on any atom is -0.497 e. The second kappa shape index (κ2) is 4.80. The monoisotopic (exact) mass is 271 g/mol. The largest absolute Gasteiger partial charge is 0.497 e. The van der Waals surface area contributed by atoms with Crippen LogP contribution in [0.15, 0.2) is 30.6 Å². The first kappa shape index (κ1) is 12.4. The molecule has 6 nitrogen and oxygen atoms in total. The van der Waals surface area contributed by atoms with Gasteiger partial charge < -0.3 is 9.47 Å². The van der Waals surface area contributed by atoms with Gasteiger partial charge in [0, 0.05) is 11.5 Å². The Hall–Kier alpha value is -2.63. The molecular weight excluding hydrogens is 258 g/mol. The van der Waals surface area contributed by atoms with Crippen LogP contribution in [0.2, 0.25) is 0 Å². The number of methoxy groups -OCH3 is 1. The van der Waals surface area contributed by atoms with E-state index in [-0.39, 0.29) is 5.69 Å². The third kappa shape index (κ3) is 1.95. The molecule has 2 heterocycles. The molecule has 0 aliphatic carbocycles. The summed E-state index contributed by atoms with van der Waals surface area (Å²) in [5.74, 6) is 0.303. The lowest BCUT2D eigenvalue weighted by Gasteiger charge is -2.01. The highest BCUT2D eigenvalue weighted by Gasteiger charge is 2.12. The van der Waals surface area contributed by atoms with Crippen molar-refractivity contribution < 1.29 is 14.3 Å². The molecule has 0 amide bonds. The van der Waals surface area contributed by atoms with E-state index < -0.39 is 5.97 Å². The van der Waals surface area contributed by atoms with Crippen LogP contribution in [0.25, 0.3) is 16.4 Å². The number of carbonyl (C=O) groups excluding carboxylic acids is 1. The van der Waals surface area contributed by atoms with E-state index in [0.29, 0.717) is 6.61 Å². The van der Waals surface area contributed by atoms with E-state index >= 15 is 0 Å². The first-order valence-electron chi connectivity index (χ1n) is 6.22. The highest BCUT2D eigenvalue weighted by molar-refractivity contribution is 5.97. The standard InChI is InChI=1S/C14H13N3O3/c1-3-20-14(18)12-7-13-10-5-4-9(19-2)6-11(10)16-17(13)8-15-12/h4-8H,3H2,1-2H3. The number of aromatic nitrogens is 3. The summed E-state index contributed by atoms with van der Waals surface area (Å²) in [6, 6.07) is 7.28. The topological polar surface area (TPSA) is 65.7 Å². The maximum absolute atomic E-state index is 11.7. The van der Waals surface area contributed by atoms with Crippen LogP contribution in [-0.2, 0) is 4.74 Å². The molecule has 0 saturated carbocycles. The van der Waals surface area contributed by atoms with Crippen molar-refractivity contribution in [2.24, 2.45) is 0 Å². The molecule has 2 aromatic heterocycles. The molecule has 0 spiro atoms. The number of esters is 1. The molecule has 0 aliphatic rings. The van der Waals surface area contributed by atoms with Crippen molar-refractivity contribution in [2.75, 3.05) is 13.7 Å². The van der Waals surface area contributed by atoms with E-state index in [2.05, 4.69) is 10.1 Å². The summed E-state index contributed by atoms with van der Waals surface area (Å²) in [6.07, 6.45) is 1.51. The van der Waals surface area contributed by atoms with Crippen molar-refractivity contribution in [1.82, 2.24) is 14.6 Å². The average molecular weight is 271 g/mol. The van der Waals surface area contributed by atoms with Crippen LogP contribution in [0.4, 0.5) is 0 Å². The lowest BCUT2D eigenvalue weighted by molar-refractivity contribution is 0.0519. The summed E-state index contributed by atoms with van der Waals surface area (Å²) < 4.78 is 11.8. The molecule has 0 fully saturated rings. The van der Waals surface area contributed by atoms with Crippen molar-refractivity contribution in [1.29, 1.82) is 0 Å². The highest BCUT2D eigenvalue weighted by atomic mass is 16.5. The zero-order valence-corrected chi connectivity index (χ0v) is 11.2. The van der Waals surface area contributed by atoms with E-state index in [1.807, 2.05) is 18.2 Å². The van der Waals surface area contributed by atoms with Gasteiger partial charge in [-0.1, -0.05) is 0 Å². The molecule has 0 radical (unpaired) electrons. The van der Waals surface area contributed by atoms with E-state index in [9.17, 15) is 4.79 Å². The van der Waals surface area contributed by atoms with Crippen molar-refractivity contribution in [3.05, 3.63) is 36.3 Å². The van der Waals surface area contributed by atoms with Crippen LogP contribution in [0.5, 0.6) is 5.75 Å². The summed E-state index contributed by atoms with van der Waals surface area (Å²) in [6.45, 7) is 2.08. The number of fused-ring (bicyclic) bond motifs is 3. The molecule has 1 aromatic carbocycles. The van der Waals surface area contributed by atoms with Gasteiger partial charge in [-0.3, -0.25) is 0 Å². The number of nitrogens with zero attached hydrogens (tertiary/aromatic N) is 3. The van der Waals surface area contributed by atoms with Gasteiger partial charge in [0.25, 0.3) is 0 Å². The van der Waals surface area contributed by atoms with Gasteiger partial charge in [0.05, 0.1) is 24.8 Å². The van der Waals surface area contributed by atoms with Gasteiger partial charge in [-0.15, -0.1) is 0 Å². The predicted octanol–water partition coefficient (Wildman–Crippen LogP) is 2.07. The quantitative estimate of drug-likeness (QED) is 0.682. The minimum atomic E-state index is -0.433. The van der Waals surface area contributed by atoms with E-state index in [0.717, 1.165) is 22.2 Å². The lowest BCUT2D eigenvalue weighted by atomic mass is 10.2. The number of benzene rings is 1. The Balaban J connectivity index is 2.17. The maximum atomic E-state index is 11.7. The second-order valence-electron chi connectivity index (χ2n) is 4.21. The van der Waals surface area contributed by atoms with Crippen LogP contribution < -0.4 is 4.74 Å². The fraction of sp³-hybridized carbons (Fsp3) is 0.214. The SMILES string of the molecule is CCOC(=O)c1cc2c3ccc(OC)cc3nn2cn1. The van der Waals surface area contributed by atoms with Crippen LogP contribution in [0.3, 0.4) is 0 Å². The number of hydrogen-bond donors (Lipinski definition) is 0. The first-order chi connectivity index (χ1) is 9.72. The van der Waals surface area contributed by atoms with Crippen LogP contribution in [0, 0.1) is 0 Å². The molecule has 0 aliphatic heterocycles. The van der Waals surface area contributed by atoms with Crippen molar-refractivity contribution in [3.63, 3.8) is 0 Å². The number of ether oxygens (including phenoxy) is 2. The number of carbonyl (C=O) groups is 1. The van der Waals surface area contributed by atoms with Gasteiger partial charge in [0.1, 0.15) is 12.1 Å². The van der Waals surface area contributed by atoms with Crippen molar-refractivity contribution >= 4 is 22.4 Å². The fourth-order valence-electron chi connectivity index (χ4n) is 2.06. The molecule has 3 aromatic rings. The first-order valence-corrected chi connectivity index (χ1v) is 6.22. The Morgan fingerprint density at radius 2 is 2.20 bits per heavy atom. The van der Waals surface area contributed by atoms with Gasteiger partial charge in [-0.25, -0.2) is 14.3 Å². The predicted molar refractivity (Wildman–Crippen MR) is 73.0 cm³/mol.